The molecule has 2 aromatic carbocycles. The highest BCUT2D eigenvalue weighted by Gasteiger charge is 2.41. The molecule has 38 heavy (non-hydrogen) atoms. The molecule has 2 aliphatic rings. The summed E-state index contributed by atoms with van der Waals surface area (Å²) < 4.78 is 42.8. The van der Waals surface area contributed by atoms with Gasteiger partial charge in [-0.15, -0.1) is 10.2 Å². The minimum absolute atomic E-state index is 0.0255. The molecule has 1 N–H and O–H groups in total. The number of para-hydroxylation sites is 1. The van der Waals surface area contributed by atoms with Crippen molar-refractivity contribution in [2.45, 2.75) is 37.9 Å². The van der Waals surface area contributed by atoms with Crippen molar-refractivity contribution in [3.8, 4) is 28.6 Å². The zero-order valence-electron chi connectivity index (χ0n) is 20.5. The molecular formula is C26H24F2N6O4. The zero-order chi connectivity index (χ0) is 26.3. The Kier molecular flexibility index (Phi) is 6.01. The first kappa shape index (κ1) is 24.0. The first-order chi connectivity index (χ1) is 18.4. The van der Waals surface area contributed by atoms with Crippen molar-refractivity contribution < 1.29 is 27.8 Å². The van der Waals surface area contributed by atoms with Crippen molar-refractivity contribution in [3.05, 3.63) is 53.7 Å². The van der Waals surface area contributed by atoms with Gasteiger partial charge < -0.3 is 19.1 Å². The van der Waals surface area contributed by atoms with E-state index in [2.05, 4.69) is 25.6 Å². The summed E-state index contributed by atoms with van der Waals surface area (Å²) in [6, 6.07) is 12.0. The number of tetrazole rings is 1. The summed E-state index contributed by atoms with van der Waals surface area (Å²) in [4.78, 5) is 19.6. The van der Waals surface area contributed by atoms with Gasteiger partial charge in [0.1, 0.15) is 34.1 Å². The number of ether oxygens (including phenoxy) is 3. The number of piperidine rings is 1. The molecule has 10 nitrogen and oxygen atoms in total. The molecular weight excluding hydrogens is 498 g/mol. The maximum absolute atomic E-state index is 13.4. The Bertz CT molecular complexity index is 1490. The number of amides is 1. The molecule has 0 aliphatic carbocycles. The first-order valence-electron chi connectivity index (χ1n) is 12.2. The van der Waals surface area contributed by atoms with Gasteiger partial charge in [-0.1, -0.05) is 6.07 Å². The summed E-state index contributed by atoms with van der Waals surface area (Å²) in [7, 11) is 1.46. The van der Waals surface area contributed by atoms with Crippen LogP contribution in [0.25, 0.3) is 22.3 Å². The average molecular weight is 523 g/mol. The van der Waals surface area contributed by atoms with Gasteiger partial charge in [0, 0.05) is 42.9 Å². The van der Waals surface area contributed by atoms with Gasteiger partial charge in [-0.3, -0.25) is 4.79 Å². The Morgan fingerprint density at radius 1 is 1.13 bits per heavy atom. The third kappa shape index (κ3) is 4.35. The second-order valence-corrected chi connectivity index (χ2v) is 9.38. The second-order valence-electron chi connectivity index (χ2n) is 9.38. The molecule has 4 heterocycles. The fourth-order valence-electron chi connectivity index (χ4n) is 5.23. The van der Waals surface area contributed by atoms with E-state index in [1.807, 2.05) is 18.2 Å². The second kappa shape index (κ2) is 9.51. The van der Waals surface area contributed by atoms with Crippen LogP contribution in [0.15, 0.2) is 42.5 Å². The van der Waals surface area contributed by atoms with Gasteiger partial charge in [-0.25, -0.2) is 4.98 Å². The molecule has 4 aromatic rings. The Balaban J connectivity index is 1.20. The lowest BCUT2D eigenvalue weighted by Crippen LogP contribution is -2.51. The molecule has 1 fully saturated rings. The molecule has 1 spiro atoms. The van der Waals surface area contributed by atoms with Crippen molar-refractivity contribution in [3.63, 3.8) is 0 Å². The minimum Gasteiger partial charge on any atom is -0.494 e. The van der Waals surface area contributed by atoms with E-state index in [1.54, 1.807) is 23.1 Å². The SMILES string of the molecule is COc1cccc2c(OC(F)F)cc(C(=O)N3CCC4(CCc5cc(-c6nn[nH]n6)ccc5O4)CC3)nc12. The Morgan fingerprint density at radius 3 is 2.71 bits per heavy atom. The number of nitrogens with one attached hydrogen (secondary N) is 1. The number of rotatable bonds is 5. The number of aryl methyl sites for hydroxylation is 1. The molecule has 0 bridgehead atoms. The summed E-state index contributed by atoms with van der Waals surface area (Å²) >= 11 is 0. The Morgan fingerprint density at radius 2 is 1.97 bits per heavy atom. The molecule has 2 aliphatic heterocycles. The first-order valence-corrected chi connectivity index (χ1v) is 12.2. The maximum atomic E-state index is 13.4. The molecule has 0 radical (unpaired) electrons. The molecule has 0 atom stereocenters. The van der Waals surface area contributed by atoms with Crippen LogP contribution in [-0.2, 0) is 6.42 Å². The molecule has 2 aromatic heterocycles. The number of benzene rings is 2. The summed E-state index contributed by atoms with van der Waals surface area (Å²) in [6.45, 7) is -2.14. The van der Waals surface area contributed by atoms with Gasteiger partial charge in [0.15, 0.2) is 0 Å². The molecule has 1 saturated heterocycles. The van der Waals surface area contributed by atoms with Crippen LogP contribution in [0.1, 0.15) is 35.3 Å². The fourth-order valence-corrected chi connectivity index (χ4v) is 5.23. The van der Waals surface area contributed by atoms with Crippen molar-refractivity contribution >= 4 is 16.8 Å². The third-order valence-electron chi connectivity index (χ3n) is 7.22. The molecule has 12 heteroatoms. The number of alkyl halides is 2. The van der Waals surface area contributed by atoms with Crippen LogP contribution >= 0.6 is 0 Å². The van der Waals surface area contributed by atoms with Crippen LogP contribution in [0.2, 0.25) is 0 Å². The number of carbonyl (C=O) groups excluding carboxylic acids is 1. The number of aromatic nitrogens is 5. The standard InChI is InChI=1S/C26H24F2N6O4/c1-36-20-4-2-3-17-21(37-25(27)28)14-18(29-22(17)20)24(35)34-11-9-26(10-12-34)8-7-15-13-16(5-6-19(15)38-26)23-30-32-33-31-23/h2-6,13-14,25H,7-12H2,1H3,(H,30,31,32,33). The smallest absolute Gasteiger partial charge is 0.387 e. The van der Waals surface area contributed by atoms with Crippen LogP contribution in [0.5, 0.6) is 17.2 Å². The van der Waals surface area contributed by atoms with Crippen molar-refractivity contribution in [1.82, 2.24) is 30.5 Å². The van der Waals surface area contributed by atoms with Gasteiger partial charge in [0.25, 0.3) is 5.91 Å². The predicted molar refractivity (Wildman–Crippen MR) is 131 cm³/mol. The summed E-state index contributed by atoms with van der Waals surface area (Å²) in [6.07, 6.45) is 2.93. The van der Waals surface area contributed by atoms with Crippen molar-refractivity contribution in [2.24, 2.45) is 0 Å². The Hall–Kier alpha value is -4.35. The molecule has 1 amide bonds. The fraction of sp³-hybridized carbons (Fsp3) is 0.346. The lowest BCUT2D eigenvalue weighted by molar-refractivity contribution is -0.0489. The highest BCUT2D eigenvalue weighted by atomic mass is 19.3. The van der Waals surface area contributed by atoms with Gasteiger partial charge in [0.2, 0.25) is 5.82 Å². The van der Waals surface area contributed by atoms with E-state index >= 15 is 0 Å². The molecule has 0 saturated carbocycles. The number of nitrogens with zero attached hydrogens (tertiary/aromatic N) is 5. The number of aromatic amines is 1. The van der Waals surface area contributed by atoms with Crippen LogP contribution in [-0.4, -0.2) is 68.8 Å². The van der Waals surface area contributed by atoms with Gasteiger partial charge in [-0.05, 0) is 54.0 Å². The minimum atomic E-state index is -3.04. The predicted octanol–water partition coefficient (Wildman–Crippen LogP) is 4.02. The average Bonchev–Trinajstić information content (AvgIpc) is 3.47. The number of halogens is 2. The number of fused-ring (bicyclic) bond motifs is 2. The van der Waals surface area contributed by atoms with Gasteiger partial charge >= 0.3 is 6.61 Å². The number of hydrogen-bond donors (Lipinski definition) is 1. The van der Waals surface area contributed by atoms with Crippen LogP contribution in [0, 0.1) is 0 Å². The molecule has 0 unspecified atom stereocenters. The third-order valence-corrected chi connectivity index (χ3v) is 7.22. The molecule has 6 rings (SSSR count). The summed E-state index contributed by atoms with van der Waals surface area (Å²) in [5.74, 6) is 1.24. The van der Waals surface area contributed by atoms with Crippen LogP contribution < -0.4 is 14.2 Å². The summed E-state index contributed by atoms with van der Waals surface area (Å²) in [5.41, 5.74) is 1.89. The lowest BCUT2D eigenvalue weighted by Gasteiger charge is -2.44. The Labute approximate surface area is 215 Å². The van der Waals surface area contributed by atoms with Gasteiger partial charge in [0.05, 0.1) is 7.11 Å². The van der Waals surface area contributed by atoms with E-state index in [4.69, 9.17) is 14.2 Å². The van der Waals surface area contributed by atoms with E-state index in [-0.39, 0.29) is 28.5 Å². The zero-order valence-corrected chi connectivity index (χ0v) is 20.5. The highest BCUT2D eigenvalue weighted by Crippen LogP contribution is 2.41. The highest BCUT2D eigenvalue weighted by molar-refractivity contribution is 5.98. The largest absolute Gasteiger partial charge is 0.494 e. The van der Waals surface area contributed by atoms with Crippen molar-refractivity contribution in [2.75, 3.05) is 20.2 Å². The number of hydrogen-bond acceptors (Lipinski definition) is 8. The normalized spacial score (nSPS) is 16.4. The van der Waals surface area contributed by atoms with Crippen LogP contribution in [0.3, 0.4) is 0 Å². The van der Waals surface area contributed by atoms with Crippen LogP contribution in [0.4, 0.5) is 8.78 Å². The summed E-state index contributed by atoms with van der Waals surface area (Å²) in [5, 5.41) is 14.5. The number of likely N-dealkylation sites (tertiary alicyclic amines) is 1. The van der Waals surface area contributed by atoms with E-state index in [0.29, 0.717) is 42.9 Å². The topological polar surface area (TPSA) is 115 Å². The van der Waals surface area contributed by atoms with E-state index in [0.717, 1.165) is 29.7 Å². The van der Waals surface area contributed by atoms with Gasteiger partial charge in [-0.2, -0.15) is 14.0 Å². The van der Waals surface area contributed by atoms with E-state index in [9.17, 15) is 13.6 Å². The van der Waals surface area contributed by atoms with E-state index < -0.39 is 6.61 Å². The molecule has 196 valence electrons. The lowest BCUT2D eigenvalue weighted by atomic mass is 9.82. The van der Waals surface area contributed by atoms with Crippen molar-refractivity contribution in [1.29, 1.82) is 0 Å². The number of carbonyl (C=O) groups is 1. The van der Waals surface area contributed by atoms with E-state index in [1.165, 1.54) is 13.2 Å². The number of H-pyrrole nitrogens is 1. The number of methoxy groups -OCH3 is 1. The quantitative estimate of drug-likeness (QED) is 0.418. The maximum Gasteiger partial charge on any atom is 0.387 e. The monoisotopic (exact) mass is 522 g/mol. The number of pyridine rings is 1.